The minimum Gasteiger partial charge on any atom is -0.336 e. The molecule has 1 saturated heterocycles. The van der Waals surface area contributed by atoms with Gasteiger partial charge in [0.1, 0.15) is 5.01 Å². The molecule has 2 heterocycles. The van der Waals surface area contributed by atoms with E-state index in [0.717, 1.165) is 24.4 Å². The van der Waals surface area contributed by atoms with Crippen molar-refractivity contribution in [1.82, 2.24) is 20.4 Å². The average molecular weight is 408 g/mol. The number of hydrogen-bond donors (Lipinski definition) is 2. The molecule has 1 aliphatic rings. The molecule has 2 aromatic rings. The van der Waals surface area contributed by atoms with Gasteiger partial charge >= 0.3 is 6.03 Å². The van der Waals surface area contributed by atoms with Crippen molar-refractivity contribution in [3.63, 3.8) is 0 Å². The van der Waals surface area contributed by atoms with Crippen LogP contribution in [0.5, 0.6) is 0 Å². The maximum absolute atomic E-state index is 12.4. The molecular weight excluding hydrogens is 386 g/mol. The first kappa shape index (κ1) is 19.6. The Morgan fingerprint density at radius 2 is 2.00 bits per heavy atom. The van der Waals surface area contributed by atoms with E-state index in [9.17, 15) is 9.59 Å². The van der Waals surface area contributed by atoms with E-state index in [4.69, 9.17) is 11.6 Å². The Morgan fingerprint density at radius 3 is 2.70 bits per heavy atom. The van der Waals surface area contributed by atoms with E-state index in [1.165, 1.54) is 11.3 Å². The van der Waals surface area contributed by atoms with Crippen molar-refractivity contribution in [1.29, 1.82) is 0 Å². The van der Waals surface area contributed by atoms with Crippen molar-refractivity contribution < 1.29 is 9.59 Å². The molecule has 1 atom stereocenters. The number of amides is 3. The zero-order valence-corrected chi connectivity index (χ0v) is 16.8. The molecule has 7 nitrogen and oxygen atoms in total. The molecule has 0 aliphatic carbocycles. The predicted octanol–water partition coefficient (Wildman–Crippen LogP) is 3.74. The molecule has 0 radical (unpaired) electrons. The van der Waals surface area contributed by atoms with Crippen molar-refractivity contribution in [2.75, 3.05) is 18.4 Å². The van der Waals surface area contributed by atoms with Crippen molar-refractivity contribution in [3.05, 3.63) is 39.3 Å². The number of benzene rings is 1. The van der Waals surface area contributed by atoms with Gasteiger partial charge in [-0.1, -0.05) is 22.9 Å². The van der Waals surface area contributed by atoms with E-state index in [1.54, 1.807) is 24.3 Å². The number of carbonyl (C=O) groups is 2. The fourth-order valence-corrected chi connectivity index (χ4v) is 3.90. The Bertz CT molecular complexity index is 808. The largest absolute Gasteiger partial charge is 0.336 e. The van der Waals surface area contributed by atoms with Gasteiger partial charge in [-0.25, -0.2) is 4.79 Å². The normalized spacial score (nSPS) is 17.0. The number of carbonyl (C=O) groups excluding carboxylic acids is 2. The van der Waals surface area contributed by atoms with E-state index in [1.807, 2.05) is 18.7 Å². The van der Waals surface area contributed by atoms with Crippen LogP contribution in [0.2, 0.25) is 5.02 Å². The number of aromatic nitrogens is 2. The Balaban J connectivity index is 1.63. The van der Waals surface area contributed by atoms with Crippen LogP contribution in [0, 0.1) is 0 Å². The molecule has 27 heavy (non-hydrogen) atoms. The summed E-state index contributed by atoms with van der Waals surface area (Å²) in [7, 11) is 0. The van der Waals surface area contributed by atoms with E-state index in [2.05, 4.69) is 20.8 Å². The summed E-state index contributed by atoms with van der Waals surface area (Å²) in [6.07, 6.45) is 1.83. The van der Waals surface area contributed by atoms with Gasteiger partial charge in [-0.3, -0.25) is 4.79 Å². The highest BCUT2D eigenvalue weighted by Crippen LogP contribution is 2.29. The minimum atomic E-state index is -0.300. The lowest BCUT2D eigenvalue weighted by Crippen LogP contribution is -2.46. The summed E-state index contributed by atoms with van der Waals surface area (Å²) < 4.78 is 0. The SMILES string of the molecule is CC(C)NC(=O)N1CCCC(c2nnc(C(=O)Nc3ccc(Cl)cc3)s2)C1. The third-order valence-corrected chi connectivity index (χ3v) is 5.54. The van der Waals surface area contributed by atoms with E-state index < -0.39 is 0 Å². The van der Waals surface area contributed by atoms with Crippen molar-refractivity contribution in [2.24, 2.45) is 0 Å². The van der Waals surface area contributed by atoms with Crippen LogP contribution >= 0.6 is 22.9 Å². The van der Waals surface area contributed by atoms with Crippen molar-refractivity contribution >= 4 is 40.6 Å². The van der Waals surface area contributed by atoms with Crippen LogP contribution in [0.4, 0.5) is 10.5 Å². The van der Waals surface area contributed by atoms with Crippen molar-refractivity contribution in [2.45, 2.75) is 38.6 Å². The van der Waals surface area contributed by atoms with Crippen LogP contribution < -0.4 is 10.6 Å². The molecule has 144 valence electrons. The first-order valence-electron chi connectivity index (χ1n) is 8.88. The van der Waals surface area contributed by atoms with Crippen LogP contribution in [-0.4, -0.2) is 46.2 Å². The molecule has 1 fully saturated rings. The highest BCUT2D eigenvalue weighted by Gasteiger charge is 2.28. The predicted molar refractivity (Wildman–Crippen MR) is 107 cm³/mol. The molecule has 1 aliphatic heterocycles. The number of hydrogen-bond acceptors (Lipinski definition) is 5. The molecule has 0 saturated carbocycles. The lowest BCUT2D eigenvalue weighted by Gasteiger charge is -2.32. The second-order valence-electron chi connectivity index (χ2n) is 6.80. The third-order valence-electron chi connectivity index (χ3n) is 4.21. The smallest absolute Gasteiger partial charge is 0.317 e. The molecule has 1 aromatic carbocycles. The Labute approximate surface area is 167 Å². The zero-order chi connectivity index (χ0) is 19.4. The Morgan fingerprint density at radius 1 is 1.26 bits per heavy atom. The highest BCUT2D eigenvalue weighted by atomic mass is 35.5. The summed E-state index contributed by atoms with van der Waals surface area (Å²) in [4.78, 5) is 26.4. The molecular formula is C18H22ClN5O2S. The molecule has 0 spiro atoms. The molecule has 3 amide bonds. The Hall–Kier alpha value is -2.19. The molecule has 1 unspecified atom stereocenters. The molecule has 3 rings (SSSR count). The maximum atomic E-state index is 12.4. The number of urea groups is 1. The first-order valence-corrected chi connectivity index (χ1v) is 10.1. The number of anilines is 1. The number of piperidine rings is 1. The quantitative estimate of drug-likeness (QED) is 0.808. The highest BCUT2D eigenvalue weighted by molar-refractivity contribution is 7.13. The van der Waals surface area contributed by atoms with E-state index >= 15 is 0 Å². The van der Waals surface area contributed by atoms with Gasteiger partial charge in [0.15, 0.2) is 0 Å². The zero-order valence-electron chi connectivity index (χ0n) is 15.2. The number of rotatable bonds is 4. The second-order valence-corrected chi connectivity index (χ2v) is 8.24. The summed E-state index contributed by atoms with van der Waals surface area (Å²) in [5, 5.41) is 15.6. The van der Waals surface area contributed by atoms with Crippen LogP contribution in [0.3, 0.4) is 0 Å². The average Bonchev–Trinajstić information content (AvgIpc) is 3.13. The summed E-state index contributed by atoms with van der Waals surface area (Å²) in [6, 6.07) is 6.93. The summed E-state index contributed by atoms with van der Waals surface area (Å²) >= 11 is 7.13. The van der Waals surface area contributed by atoms with Gasteiger partial charge in [0.05, 0.1) is 0 Å². The van der Waals surface area contributed by atoms with Gasteiger partial charge in [0, 0.05) is 35.8 Å². The number of nitrogens with one attached hydrogen (secondary N) is 2. The van der Waals surface area contributed by atoms with Crippen molar-refractivity contribution in [3.8, 4) is 0 Å². The van der Waals surface area contributed by atoms with E-state index in [0.29, 0.717) is 22.3 Å². The molecule has 1 aromatic heterocycles. The Kier molecular flexibility index (Phi) is 6.28. The lowest BCUT2D eigenvalue weighted by atomic mass is 9.99. The van der Waals surface area contributed by atoms with Crippen LogP contribution in [0.15, 0.2) is 24.3 Å². The van der Waals surface area contributed by atoms with Gasteiger partial charge in [-0.15, -0.1) is 10.2 Å². The minimum absolute atomic E-state index is 0.0556. The fourth-order valence-electron chi connectivity index (χ4n) is 2.91. The molecule has 0 bridgehead atoms. The summed E-state index contributed by atoms with van der Waals surface area (Å²) in [5.41, 5.74) is 0.648. The summed E-state index contributed by atoms with van der Waals surface area (Å²) in [6.45, 7) is 5.20. The van der Waals surface area contributed by atoms with Gasteiger partial charge < -0.3 is 15.5 Å². The number of likely N-dealkylation sites (tertiary alicyclic amines) is 1. The molecule has 2 N–H and O–H groups in total. The second kappa shape index (κ2) is 8.67. The van der Waals surface area contributed by atoms with Gasteiger partial charge in [0.25, 0.3) is 5.91 Å². The summed E-state index contributed by atoms with van der Waals surface area (Å²) in [5.74, 6) is -0.197. The number of nitrogens with zero attached hydrogens (tertiary/aromatic N) is 3. The first-order chi connectivity index (χ1) is 12.9. The van der Waals surface area contributed by atoms with Crippen LogP contribution in [-0.2, 0) is 0 Å². The van der Waals surface area contributed by atoms with E-state index in [-0.39, 0.29) is 23.9 Å². The maximum Gasteiger partial charge on any atom is 0.317 e. The molecule has 9 heteroatoms. The van der Waals surface area contributed by atoms with Crippen LogP contribution in [0.1, 0.15) is 47.4 Å². The van der Waals surface area contributed by atoms with Crippen LogP contribution in [0.25, 0.3) is 0 Å². The van der Waals surface area contributed by atoms with Gasteiger partial charge in [-0.2, -0.15) is 0 Å². The van der Waals surface area contributed by atoms with Gasteiger partial charge in [0.2, 0.25) is 5.01 Å². The standard InChI is InChI=1S/C18H22ClN5O2S/c1-11(2)20-18(26)24-9-3-4-12(10-24)16-22-23-17(27-16)15(25)21-14-7-5-13(19)6-8-14/h5-8,11-12H,3-4,9-10H2,1-2H3,(H,20,26)(H,21,25). The fraction of sp³-hybridized carbons (Fsp3) is 0.444. The topological polar surface area (TPSA) is 87.2 Å². The number of halogens is 1. The van der Waals surface area contributed by atoms with Gasteiger partial charge in [-0.05, 0) is 51.0 Å². The lowest BCUT2D eigenvalue weighted by molar-refractivity contribution is 0.102. The third kappa shape index (κ3) is 5.17. The monoisotopic (exact) mass is 407 g/mol.